The average Bonchev–Trinajstić information content (AvgIpc) is 3.03. The number of carboxylic acid groups (broad SMARTS) is 1. The lowest BCUT2D eigenvalue weighted by atomic mass is 9.79. The first-order chi connectivity index (χ1) is 13.8. The van der Waals surface area contributed by atoms with Crippen molar-refractivity contribution < 1.29 is 34.3 Å². The zero-order valence-electron chi connectivity index (χ0n) is 17.3. The predicted octanol–water partition coefficient (Wildman–Crippen LogP) is 2.96. The molecular weight excluding hydrogens is 396 g/mol. The van der Waals surface area contributed by atoms with Crippen molar-refractivity contribution in [3.63, 3.8) is 0 Å². The van der Waals surface area contributed by atoms with Gasteiger partial charge in [0.05, 0.1) is 22.4 Å². The topological polar surface area (TPSA) is 147 Å². The van der Waals surface area contributed by atoms with Gasteiger partial charge in [-0.3, -0.25) is 19.7 Å². The molecule has 0 saturated carbocycles. The minimum Gasteiger partial charge on any atom is -0.508 e. The number of imide groups is 1. The third-order valence-corrected chi connectivity index (χ3v) is 5.33. The second-order valence-electron chi connectivity index (χ2n) is 8.46. The molecule has 30 heavy (non-hydrogen) atoms. The van der Waals surface area contributed by atoms with Crippen LogP contribution in [0.25, 0.3) is 0 Å². The number of phenols is 1. The zero-order valence-corrected chi connectivity index (χ0v) is 17.3. The molecule has 2 N–H and O–H groups in total. The van der Waals surface area contributed by atoms with Crippen LogP contribution in [0.15, 0.2) is 18.2 Å². The van der Waals surface area contributed by atoms with E-state index in [2.05, 4.69) is 0 Å². The van der Waals surface area contributed by atoms with E-state index in [0.717, 1.165) is 11.0 Å². The molecule has 2 rings (SSSR count). The Bertz CT molecular complexity index is 864. The third-order valence-electron chi connectivity index (χ3n) is 5.33. The monoisotopic (exact) mass is 422 g/mol. The largest absolute Gasteiger partial charge is 0.508 e. The van der Waals surface area contributed by atoms with E-state index < -0.39 is 40.3 Å². The van der Waals surface area contributed by atoms with Crippen molar-refractivity contribution in [2.45, 2.75) is 46.6 Å². The summed E-state index contributed by atoms with van der Waals surface area (Å²) < 4.78 is 5.02. The summed E-state index contributed by atoms with van der Waals surface area (Å²) in [4.78, 5) is 48.9. The van der Waals surface area contributed by atoms with Crippen molar-refractivity contribution in [2.24, 2.45) is 17.3 Å². The van der Waals surface area contributed by atoms with E-state index in [1.54, 1.807) is 0 Å². The van der Waals surface area contributed by atoms with Crippen molar-refractivity contribution in [3.8, 4) is 5.75 Å². The number of phenolic OH excluding ortho intramolecular Hbond substituents is 1. The number of aromatic hydroxyl groups is 1. The number of nitro benzene ring substituents is 1. The van der Waals surface area contributed by atoms with Crippen LogP contribution in [0.2, 0.25) is 0 Å². The van der Waals surface area contributed by atoms with Crippen LogP contribution in [-0.2, 0) is 20.7 Å². The number of aliphatic carboxylic acids is 1. The van der Waals surface area contributed by atoms with Gasteiger partial charge >= 0.3 is 12.1 Å². The lowest BCUT2D eigenvalue weighted by molar-refractivity contribution is -0.385. The van der Waals surface area contributed by atoms with Gasteiger partial charge in [0.2, 0.25) is 5.91 Å². The molecule has 1 fully saturated rings. The van der Waals surface area contributed by atoms with Crippen molar-refractivity contribution >= 4 is 23.7 Å². The lowest BCUT2D eigenvalue weighted by Gasteiger charge is -2.30. The maximum absolute atomic E-state index is 13.3. The van der Waals surface area contributed by atoms with Crippen molar-refractivity contribution in [1.82, 2.24) is 4.90 Å². The van der Waals surface area contributed by atoms with E-state index in [0.29, 0.717) is 0 Å². The number of rotatable bonds is 8. The highest BCUT2D eigenvalue weighted by Crippen LogP contribution is 2.34. The molecule has 1 heterocycles. The van der Waals surface area contributed by atoms with Gasteiger partial charge in [-0.05, 0) is 44.7 Å². The molecule has 2 amide bonds. The van der Waals surface area contributed by atoms with Crippen LogP contribution in [0, 0.1) is 27.4 Å². The number of benzene rings is 1. The number of nitrogens with zero attached hydrogens (tertiary/aromatic N) is 2. The van der Waals surface area contributed by atoms with Crippen LogP contribution >= 0.6 is 0 Å². The first kappa shape index (κ1) is 23.1. The summed E-state index contributed by atoms with van der Waals surface area (Å²) >= 11 is 0. The maximum Gasteiger partial charge on any atom is 0.416 e. The van der Waals surface area contributed by atoms with E-state index in [1.807, 2.05) is 13.8 Å². The Labute approximate surface area is 173 Å². The number of carbonyl (C=O) groups excluding carboxylic acids is 2. The highest BCUT2D eigenvalue weighted by Gasteiger charge is 2.44. The average molecular weight is 422 g/mol. The molecule has 164 valence electrons. The first-order valence-corrected chi connectivity index (χ1v) is 9.54. The van der Waals surface area contributed by atoms with Gasteiger partial charge in [0.25, 0.3) is 5.69 Å². The van der Waals surface area contributed by atoms with Gasteiger partial charge in [-0.1, -0.05) is 13.8 Å². The van der Waals surface area contributed by atoms with Crippen LogP contribution in [0.5, 0.6) is 5.75 Å². The van der Waals surface area contributed by atoms with Crippen LogP contribution in [0.1, 0.15) is 39.7 Å². The molecule has 2 atom stereocenters. The molecule has 10 nitrogen and oxygen atoms in total. The van der Waals surface area contributed by atoms with Crippen molar-refractivity contribution in [1.29, 1.82) is 0 Å². The smallest absolute Gasteiger partial charge is 0.416 e. The maximum atomic E-state index is 13.3. The number of cyclic esters (lactones) is 1. The summed E-state index contributed by atoms with van der Waals surface area (Å²) in [6.45, 7) is 6.59. The molecule has 1 aliphatic rings. The normalized spacial score (nSPS) is 17.7. The quantitative estimate of drug-likeness (QED) is 0.480. The SMILES string of the molecule is CC(C)[C@H]1COC(=O)N1C(=O)[C@@H](Cc1ccc(O)cc1[N+](=O)[O-])CC(C)(C)C(=O)O. The van der Waals surface area contributed by atoms with E-state index in [1.165, 1.54) is 26.0 Å². The van der Waals surface area contributed by atoms with Gasteiger partial charge in [0.1, 0.15) is 12.4 Å². The molecule has 0 aromatic heterocycles. The molecule has 0 radical (unpaired) electrons. The summed E-state index contributed by atoms with van der Waals surface area (Å²) in [5.41, 5.74) is -1.54. The number of hydrogen-bond acceptors (Lipinski definition) is 7. The minimum absolute atomic E-state index is 0.0383. The fourth-order valence-electron chi connectivity index (χ4n) is 3.49. The second kappa shape index (κ2) is 8.68. The van der Waals surface area contributed by atoms with Gasteiger partial charge in [0, 0.05) is 11.5 Å². The van der Waals surface area contributed by atoms with Gasteiger partial charge < -0.3 is 14.9 Å². The van der Waals surface area contributed by atoms with Gasteiger partial charge in [-0.2, -0.15) is 0 Å². The van der Waals surface area contributed by atoms with Gasteiger partial charge in [-0.25, -0.2) is 9.69 Å². The summed E-state index contributed by atoms with van der Waals surface area (Å²) in [5.74, 6) is -3.18. The number of ether oxygens (including phenoxy) is 1. The molecule has 0 spiro atoms. The molecule has 1 aromatic carbocycles. The minimum atomic E-state index is -1.32. The molecule has 0 aliphatic carbocycles. The van der Waals surface area contributed by atoms with Crippen LogP contribution in [-0.4, -0.2) is 50.7 Å². The Kier molecular flexibility index (Phi) is 6.69. The molecule has 10 heteroatoms. The number of hydrogen-bond donors (Lipinski definition) is 2. The molecule has 0 bridgehead atoms. The van der Waals surface area contributed by atoms with Gasteiger partial charge in [-0.15, -0.1) is 0 Å². The first-order valence-electron chi connectivity index (χ1n) is 9.54. The third kappa shape index (κ3) is 4.87. The molecular formula is C20H26N2O8. The van der Waals surface area contributed by atoms with Crippen molar-refractivity contribution in [2.75, 3.05) is 6.61 Å². The van der Waals surface area contributed by atoms with E-state index in [4.69, 9.17) is 4.74 Å². The van der Waals surface area contributed by atoms with Crippen LogP contribution in [0.4, 0.5) is 10.5 Å². The van der Waals surface area contributed by atoms with Gasteiger partial charge in [0.15, 0.2) is 0 Å². The highest BCUT2D eigenvalue weighted by atomic mass is 16.6. The number of amides is 2. The summed E-state index contributed by atoms with van der Waals surface area (Å²) in [6, 6.07) is 3.05. The standard InChI is InChI=1S/C20H26N2O8/c1-11(2)16-10-30-19(27)21(16)17(24)13(9-20(3,4)18(25)26)7-12-5-6-14(23)8-15(12)22(28)29/h5-6,8,11,13,16,23H,7,9-10H2,1-4H3,(H,25,26)/t13-,16+/m0/s1. The van der Waals surface area contributed by atoms with Crippen LogP contribution in [0.3, 0.4) is 0 Å². The molecule has 0 unspecified atom stereocenters. The van der Waals surface area contributed by atoms with E-state index in [9.17, 15) is 34.7 Å². The Morgan fingerprint density at radius 1 is 1.37 bits per heavy atom. The molecule has 1 aromatic rings. The molecule has 1 aliphatic heterocycles. The number of carboxylic acids is 1. The predicted molar refractivity (Wildman–Crippen MR) is 105 cm³/mol. The van der Waals surface area contributed by atoms with Crippen molar-refractivity contribution in [3.05, 3.63) is 33.9 Å². The summed E-state index contributed by atoms with van der Waals surface area (Å²) in [5, 5.41) is 30.5. The number of carbonyl (C=O) groups is 3. The van der Waals surface area contributed by atoms with E-state index in [-0.39, 0.29) is 42.4 Å². The summed E-state index contributed by atoms with van der Waals surface area (Å²) in [7, 11) is 0. The fraction of sp³-hybridized carbons (Fsp3) is 0.550. The Morgan fingerprint density at radius 3 is 2.53 bits per heavy atom. The van der Waals surface area contributed by atoms with E-state index >= 15 is 0 Å². The Hall–Kier alpha value is -3.17. The number of nitro groups is 1. The highest BCUT2D eigenvalue weighted by molar-refractivity contribution is 5.95. The fourth-order valence-corrected chi connectivity index (χ4v) is 3.49. The zero-order chi connectivity index (χ0) is 22.8. The summed E-state index contributed by atoms with van der Waals surface area (Å²) in [6.07, 6.45) is -1.12. The second-order valence-corrected chi connectivity index (χ2v) is 8.46. The Morgan fingerprint density at radius 2 is 2.00 bits per heavy atom. The van der Waals surface area contributed by atoms with Crippen LogP contribution < -0.4 is 0 Å². The Balaban J connectivity index is 2.46. The lowest BCUT2D eigenvalue weighted by Crippen LogP contribution is -2.46. The molecule has 1 saturated heterocycles.